The number of rotatable bonds is 4. The lowest BCUT2D eigenvalue weighted by atomic mass is 10.3. The third kappa shape index (κ3) is 4.03. The number of nitrogens with one attached hydrogen (secondary N) is 1. The highest BCUT2D eigenvalue weighted by Gasteiger charge is 2.16. The highest BCUT2D eigenvalue weighted by Crippen LogP contribution is 2.27. The maximum Gasteiger partial charge on any atom is 0.412 e. The van der Waals surface area contributed by atoms with E-state index in [9.17, 15) is 9.59 Å². The number of aryl methyl sites for hydroxylation is 1. The second kappa shape index (κ2) is 6.39. The Labute approximate surface area is 110 Å². The van der Waals surface area contributed by atoms with Gasteiger partial charge in [-0.15, -0.1) is 11.3 Å². The summed E-state index contributed by atoms with van der Waals surface area (Å²) in [6, 6.07) is 1.72. The van der Waals surface area contributed by atoms with Gasteiger partial charge in [-0.2, -0.15) is 0 Å². The van der Waals surface area contributed by atoms with Gasteiger partial charge in [0, 0.05) is 0 Å². The average Bonchev–Trinajstić information content (AvgIpc) is 2.58. The van der Waals surface area contributed by atoms with Crippen molar-refractivity contribution in [2.24, 2.45) is 0 Å². The van der Waals surface area contributed by atoms with Crippen LogP contribution in [0.1, 0.15) is 36.0 Å². The van der Waals surface area contributed by atoms with Crippen LogP contribution in [0.15, 0.2) is 6.07 Å². The number of hydrogen-bond donors (Lipinski definition) is 1. The Morgan fingerprint density at radius 2 is 2.11 bits per heavy atom. The molecule has 1 rings (SSSR count). The molecule has 1 aromatic rings. The van der Waals surface area contributed by atoms with Gasteiger partial charge in [-0.05, 0) is 39.3 Å². The van der Waals surface area contributed by atoms with Gasteiger partial charge < -0.3 is 9.47 Å². The van der Waals surface area contributed by atoms with Crippen molar-refractivity contribution in [3.8, 4) is 0 Å². The fraction of sp³-hybridized carbons (Fsp3) is 0.500. The lowest BCUT2D eigenvalue weighted by Crippen LogP contribution is -2.17. The molecule has 100 valence electrons. The maximum atomic E-state index is 11.6. The molecule has 1 amide bonds. The van der Waals surface area contributed by atoms with E-state index >= 15 is 0 Å². The van der Waals surface area contributed by atoms with E-state index in [0.29, 0.717) is 16.5 Å². The zero-order chi connectivity index (χ0) is 13.7. The summed E-state index contributed by atoms with van der Waals surface area (Å²) in [4.78, 5) is 23.5. The predicted molar refractivity (Wildman–Crippen MR) is 70.3 cm³/mol. The van der Waals surface area contributed by atoms with Crippen LogP contribution in [-0.4, -0.2) is 24.8 Å². The van der Waals surface area contributed by atoms with E-state index in [1.807, 2.05) is 0 Å². The molecule has 0 atom stereocenters. The normalized spacial score (nSPS) is 10.3. The predicted octanol–water partition coefficient (Wildman–Crippen LogP) is 3.19. The van der Waals surface area contributed by atoms with Crippen LogP contribution in [0.2, 0.25) is 0 Å². The van der Waals surface area contributed by atoms with E-state index in [-0.39, 0.29) is 12.1 Å². The molecule has 0 bridgehead atoms. The Morgan fingerprint density at radius 3 is 2.67 bits per heavy atom. The van der Waals surface area contributed by atoms with Crippen molar-refractivity contribution >= 4 is 28.4 Å². The van der Waals surface area contributed by atoms with Crippen LogP contribution < -0.4 is 5.32 Å². The minimum Gasteiger partial charge on any atom is -0.462 e. The fourth-order valence-corrected chi connectivity index (χ4v) is 2.24. The first kappa shape index (κ1) is 14.5. The number of thiophene rings is 1. The molecule has 0 aliphatic heterocycles. The first-order valence-corrected chi connectivity index (χ1v) is 6.50. The molecule has 0 fully saturated rings. The molecule has 0 aliphatic carbocycles. The molecular formula is C12H17NO4S. The zero-order valence-electron chi connectivity index (χ0n) is 10.9. The summed E-state index contributed by atoms with van der Waals surface area (Å²) in [5, 5.41) is 3.15. The van der Waals surface area contributed by atoms with Gasteiger partial charge in [-0.3, -0.25) is 5.32 Å². The standard InChI is InChI=1S/C12H17NO4S/c1-5-16-11(14)10-8(4)6-9(18-10)13-12(15)17-7(2)3/h6-7H,5H2,1-4H3,(H,13,15). The van der Waals surface area contributed by atoms with Crippen molar-refractivity contribution in [3.63, 3.8) is 0 Å². The lowest BCUT2D eigenvalue weighted by molar-refractivity contribution is 0.0531. The number of esters is 1. The molecule has 0 spiro atoms. The second-order valence-electron chi connectivity index (χ2n) is 3.92. The van der Waals surface area contributed by atoms with Crippen LogP contribution in [0.25, 0.3) is 0 Å². The van der Waals surface area contributed by atoms with Gasteiger partial charge in [0.25, 0.3) is 0 Å². The number of carbonyl (C=O) groups excluding carboxylic acids is 2. The summed E-state index contributed by atoms with van der Waals surface area (Å²) in [6.45, 7) is 7.41. The first-order valence-electron chi connectivity index (χ1n) is 5.69. The van der Waals surface area contributed by atoms with Gasteiger partial charge >= 0.3 is 12.1 Å². The van der Waals surface area contributed by atoms with Gasteiger partial charge in [-0.1, -0.05) is 0 Å². The van der Waals surface area contributed by atoms with E-state index in [1.54, 1.807) is 33.8 Å². The van der Waals surface area contributed by atoms with Crippen molar-refractivity contribution in [2.75, 3.05) is 11.9 Å². The molecule has 5 nitrogen and oxygen atoms in total. The van der Waals surface area contributed by atoms with Gasteiger partial charge in [-0.25, -0.2) is 9.59 Å². The van der Waals surface area contributed by atoms with Crippen LogP contribution in [-0.2, 0) is 9.47 Å². The van der Waals surface area contributed by atoms with E-state index in [1.165, 1.54) is 11.3 Å². The number of amides is 1. The van der Waals surface area contributed by atoms with Gasteiger partial charge in [0.1, 0.15) is 4.88 Å². The zero-order valence-corrected chi connectivity index (χ0v) is 11.7. The minimum atomic E-state index is -0.526. The topological polar surface area (TPSA) is 64.6 Å². The van der Waals surface area contributed by atoms with E-state index < -0.39 is 6.09 Å². The molecule has 0 saturated heterocycles. The first-order chi connectivity index (χ1) is 8.43. The molecule has 6 heteroatoms. The molecule has 0 radical (unpaired) electrons. The number of ether oxygens (including phenoxy) is 2. The monoisotopic (exact) mass is 271 g/mol. The van der Waals surface area contributed by atoms with E-state index in [4.69, 9.17) is 9.47 Å². The van der Waals surface area contributed by atoms with E-state index in [2.05, 4.69) is 5.32 Å². The van der Waals surface area contributed by atoms with Gasteiger partial charge in [0.15, 0.2) is 0 Å². The Bertz CT molecular complexity index is 439. The minimum absolute atomic E-state index is 0.185. The van der Waals surface area contributed by atoms with Crippen LogP contribution in [0.5, 0.6) is 0 Å². The summed E-state index contributed by atoms with van der Waals surface area (Å²) in [7, 11) is 0. The van der Waals surface area contributed by atoms with Gasteiger partial charge in [0.05, 0.1) is 17.7 Å². The Balaban J connectivity index is 2.72. The molecule has 0 aliphatic rings. The van der Waals surface area contributed by atoms with Crippen molar-refractivity contribution in [2.45, 2.75) is 33.8 Å². The van der Waals surface area contributed by atoms with Crippen molar-refractivity contribution < 1.29 is 19.1 Å². The molecule has 1 N–H and O–H groups in total. The summed E-state index contributed by atoms with van der Waals surface area (Å²) in [6.07, 6.45) is -0.711. The van der Waals surface area contributed by atoms with Gasteiger partial charge in [0.2, 0.25) is 0 Å². The fourth-order valence-electron chi connectivity index (χ4n) is 1.29. The SMILES string of the molecule is CCOC(=O)c1sc(NC(=O)OC(C)C)cc1C. The van der Waals surface area contributed by atoms with Crippen molar-refractivity contribution in [3.05, 3.63) is 16.5 Å². The maximum absolute atomic E-state index is 11.6. The summed E-state index contributed by atoms with van der Waals surface area (Å²) in [5.41, 5.74) is 0.776. The molecule has 1 heterocycles. The average molecular weight is 271 g/mol. The number of hydrogen-bond acceptors (Lipinski definition) is 5. The molecule has 1 aromatic heterocycles. The van der Waals surface area contributed by atoms with Crippen LogP contribution in [0, 0.1) is 6.92 Å². The van der Waals surface area contributed by atoms with Crippen LogP contribution in [0.4, 0.5) is 9.80 Å². The number of anilines is 1. The smallest absolute Gasteiger partial charge is 0.412 e. The molecule has 0 saturated carbocycles. The van der Waals surface area contributed by atoms with Crippen molar-refractivity contribution in [1.29, 1.82) is 0 Å². The Kier molecular flexibility index (Phi) is 5.15. The third-order valence-electron chi connectivity index (χ3n) is 1.95. The Morgan fingerprint density at radius 1 is 1.44 bits per heavy atom. The summed E-state index contributed by atoms with van der Waals surface area (Å²) in [5.74, 6) is -0.370. The summed E-state index contributed by atoms with van der Waals surface area (Å²) >= 11 is 1.18. The van der Waals surface area contributed by atoms with Crippen LogP contribution in [0.3, 0.4) is 0 Å². The lowest BCUT2D eigenvalue weighted by Gasteiger charge is -2.07. The highest BCUT2D eigenvalue weighted by atomic mass is 32.1. The van der Waals surface area contributed by atoms with E-state index in [0.717, 1.165) is 5.56 Å². The third-order valence-corrected chi connectivity index (χ3v) is 3.08. The molecule has 0 unspecified atom stereocenters. The molecular weight excluding hydrogens is 254 g/mol. The Hall–Kier alpha value is -1.56. The quantitative estimate of drug-likeness (QED) is 0.854. The number of carbonyl (C=O) groups is 2. The van der Waals surface area contributed by atoms with Crippen LogP contribution >= 0.6 is 11.3 Å². The molecule has 0 aromatic carbocycles. The largest absolute Gasteiger partial charge is 0.462 e. The second-order valence-corrected chi connectivity index (χ2v) is 4.97. The van der Waals surface area contributed by atoms with Crippen molar-refractivity contribution in [1.82, 2.24) is 0 Å². The summed E-state index contributed by atoms with van der Waals surface area (Å²) < 4.78 is 9.87. The molecule has 18 heavy (non-hydrogen) atoms. The highest BCUT2D eigenvalue weighted by molar-refractivity contribution is 7.18.